The summed E-state index contributed by atoms with van der Waals surface area (Å²) in [6, 6.07) is 3.94. The number of Topliss-reactive ketones (excluding diaryl/α,β-unsaturated/α-hetero) is 1. The molecule has 1 saturated carbocycles. The Morgan fingerprint density at radius 3 is 2.58 bits per heavy atom. The van der Waals surface area contributed by atoms with Crippen LogP contribution in [0, 0.1) is 0 Å². The second-order valence-corrected chi connectivity index (χ2v) is 7.93. The van der Waals surface area contributed by atoms with E-state index in [1.807, 2.05) is 24.1 Å². The summed E-state index contributed by atoms with van der Waals surface area (Å²) in [6.07, 6.45) is 5.19. The van der Waals surface area contributed by atoms with E-state index in [0.717, 1.165) is 18.4 Å². The van der Waals surface area contributed by atoms with Gasteiger partial charge >= 0.3 is 0 Å². The number of hydrogen-bond donors (Lipinski definition) is 0. The first-order valence-electron chi connectivity index (χ1n) is 8.38. The molecule has 1 aliphatic carbocycles. The average molecular weight is 327 g/mol. The van der Waals surface area contributed by atoms with Crippen LogP contribution in [0.5, 0.6) is 0 Å². The van der Waals surface area contributed by atoms with Crippen molar-refractivity contribution in [3.8, 4) is 0 Å². The smallest absolute Gasteiger partial charge is 0.262 e. The summed E-state index contributed by atoms with van der Waals surface area (Å²) >= 11 is 0. The van der Waals surface area contributed by atoms with Gasteiger partial charge in [-0.25, -0.2) is 4.98 Å². The minimum absolute atomic E-state index is 0.0121. The van der Waals surface area contributed by atoms with Crippen molar-refractivity contribution >= 4 is 11.4 Å². The second kappa shape index (κ2) is 5.52. The quantitative estimate of drug-likeness (QED) is 0.866. The van der Waals surface area contributed by atoms with E-state index in [4.69, 9.17) is 0 Å². The molecule has 5 nitrogen and oxygen atoms in total. The van der Waals surface area contributed by atoms with Gasteiger partial charge in [-0.05, 0) is 49.9 Å². The lowest BCUT2D eigenvalue weighted by atomic mass is 9.88. The zero-order chi connectivity index (χ0) is 17.7. The molecule has 0 bridgehead atoms. The number of rotatable bonds is 4. The van der Waals surface area contributed by atoms with Crippen molar-refractivity contribution in [3.05, 3.63) is 46.0 Å². The van der Waals surface area contributed by atoms with Crippen LogP contribution in [0.1, 0.15) is 51.7 Å². The van der Waals surface area contributed by atoms with Gasteiger partial charge in [0.2, 0.25) is 0 Å². The summed E-state index contributed by atoms with van der Waals surface area (Å²) in [5, 5.41) is 0. The molecule has 0 radical (unpaired) electrons. The lowest BCUT2D eigenvalue weighted by molar-refractivity contribution is -0.123. The van der Waals surface area contributed by atoms with E-state index in [1.165, 1.54) is 0 Å². The molecule has 128 valence electrons. The molecule has 2 heterocycles. The number of nitrogens with zero attached hydrogens (tertiary/aromatic N) is 3. The molecule has 0 saturated heterocycles. The maximum Gasteiger partial charge on any atom is 0.262 e. The molecule has 1 fully saturated rings. The fraction of sp³-hybridized carbons (Fsp3) is 0.526. The Morgan fingerprint density at radius 1 is 1.38 bits per heavy atom. The van der Waals surface area contributed by atoms with E-state index in [-0.39, 0.29) is 22.3 Å². The second-order valence-electron chi connectivity index (χ2n) is 7.93. The fourth-order valence-electron chi connectivity index (χ4n) is 3.22. The standard InChI is InChI=1S/C19H25N3O2/c1-13(23)19(7-8-19)21(5)12-14-11-20-16-10-15(18(2,3)4)6-9-22(16)17(14)24/h6,9-11H,7-8,12H2,1-5H3. The van der Waals surface area contributed by atoms with Gasteiger partial charge in [0.1, 0.15) is 11.4 Å². The molecule has 0 spiro atoms. The molecule has 1 aliphatic rings. The fourth-order valence-corrected chi connectivity index (χ4v) is 3.22. The van der Waals surface area contributed by atoms with E-state index in [0.29, 0.717) is 17.8 Å². The van der Waals surface area contributed by atoms with Gasteiger partial charge in [-0.3, -0.25) is 18.9 Å². The first-order valence-corrected chi connectivity index (χ1v) is 8.38. The van der Waals surface area contributed by atoms with Crippen LogP contribution in [-0.2, 0) is 16.8 Å². The molecular formula is C19H25N3O2. The number of carbonyl (C=O) groups excluding carboxylic acids is 1. The molecule has 24 heavy (non-hydrogen) atoms. The third-order valence-corrected chi connectivity index (χ3v) is 5.16. The van der Waals surface area contributed by atoms with E-state index < -0.39 is 0 Å². The summed E-state index contributed by atoms with van der Waals surface area (Å²) in [4.78, 5) is 31.1. The highest BCUT2D eigenvalue weighted by atomic mass is 16.1. The van der Waals surface area contributed by atoms with Crippen molar-refractivity contribution in [2.45, 2.75) is 58.0 Å². The summed E-state index contributed by atoms with van der Waals surface area (Å²) < 4.78 is 1.59. The number of fused-ring (bicyclic) bond motifs is 1. The zero-order valence-corrected chi connectivity index (χ0v) is 15.1. The van der Waals surface area contributed by atoms with Gasteiger partial charge in [-0.15, -0.1) is 0 Å². The Morgan fingerprint density at radius 2 is 2.04 bits per heavy atom. The summed E-state index contributed by atoms with van der Waals surface area (Å²) in [5.41, 5.74) is 2.00. The third-order valence-electron chi connectivity index (χ3n) is 5.16. The highest BCUT2D eigenvalue weighted by Crippen LogP contribution is 2.42. The van der Waals surface area contributed by atoms with Gasteiger partial charge in [-0.2, -0.15) is 0 Å². The molecule has 0 atom stereocenters. The van der Waals surface area contributed by atoms with Crippen LogP contribution in [0.4, 0.5) is 0 Å². The molecule has 2 aromatic heterocycles. The highest BCUT2D eigenvalue weighted by Gasteiger charge is 2.50. The van der Waals surface area contributed by atoms with Crippen molar-refractivity contribution in [2.75, 3.05) is 7.05 Å². The molecular weight excluding hydrogens is 302 g/mol. The Balaban J connectivity index is 1.95. The van der Waals surface area contributed by atoms with E-state index in [1.54, 1.807) is 23.7 Å². The van der Waals surface area contributed by atoms with Gasteiger partial charge in [0, 0.05) is 18.9 Å². The van der Waals surface area contributed by atoms with E-state index in [2.05, 4.69) is 25.8 Å². The van der Waals surface area contributed by atoms with Gasteiger partial charge in [0.25, 0.3) is 5.56 Å². The van der Waals surface area contributed by atoms with Crippen molar-refractivity contribution in [1.82, 2.24) is 14.3 Å². The Hall–Kier alpha value is -2.01. The van der Waals surface area contributed by atoms with Crippen LogP contribution >= 0.6 is 0 Å². The maximum absolute atomic E-state index is 12.8. The highest BCUT2D eigenvalue weighted by molar-refractivity contribution is 5.89. The minimum Gasteiger partial charge on any atom is -0.298 e. The molecule has 0 aliphatic heterocycles. The number of pyridine rings is 1. The Kier molecular flexibility index (Phi) is 3.87. The first-order chi connectivity index (χ1) is 11.1. The van der Waals surface area contributed by atoms with Crippen LogP contribution in [0.3, 0.4) is 0 Å². The molecule has 0 N–H and O–H groups in total. The largest absolute Gasteiger partial charge is 0.298 e. The molecule has 0 unspecified atom stereocenters. The van der Waals surface area contributed by atoms with Crippen LogP contribution in [0.25, 0.3) is 5.65 Å². The number of carbonyl (C=O) groups is 1. The van der Waals surface area contributed by atoms with Crippen molar-refractivity contribution in [1.29, 1.82) is 0 Å². The Labute approximate surface area is 142 Å². The monoisotopic (exact) mass is 327 g/mol. The first kappa shape index (κ1) is 16.8. The molecule has 5 heteroatoms. The van der Waals surface area contributed by atoms with Crippen molar-refractivity contribution in [2.24, 2.45) is 0 Å². The average Bonchev–Trinajstić information content (AvgIpc) is 3.30. The van der Waals surface area contributed by atoms with Gasteiger partial charge in [0.05, 0.1) is 11.1 Å². The molecule has 3 rings (SSSR count). The lowest BCUT2D eigenvalue weighted by Gasteiger charge is -2.25. The number of ketones is 1. The van der Waals surface area contributed by atoms with E-state index in [9.17, 15) is 9.59 Å². The molecule has 2 aromatic rings. The van der Waals surface area contributed by atoms with Gasteiger partial charge in [0.15, 0.2) is 0 Å². The van der Waals surface area contributed by atoms with E-state index >= 15 is 0 Å². The SMILES string of the molecule is CC(=O)C1(N(C)Cc2cnc3cc(C(C)(C)C)ccn3c2=O)CC1. The minimum atomic E-state index is -0.373. The maximum atomic E-state index is 12.8. The number of likely N-dealkylation sites (N-methyl/N-ethyl adjacent to an activating group) is 1. The van der Waals surface area contributed by atoms with Crippen LogP contribution < -0.4 is 5.56 Å². The predicted octanol–water partition coefficient (Wildman–Crippen LogP) is 2.55. The zero-order valence-electron chi connectivity index (χ0n) is 15.1. The third kappa shape index (κ3) is 2.77. The summed E-state index contributed by atoms with van der Waals surface area (Å²) in [5.74, 6) is 0.175. The number of aromatic nitrogens is 2. The van der Waals surface area contributed by atoms with Crippen LogP contribution in [-0.4, -0.2) is 32.7 Å². The van der Waals surface area contributed by atoms with Crippen molar-refractivity contribution in [3.63, 3.8) is 0 Å². The molecule has 0 aromatic carbocycles. The predicted molar refractivity (Wildman–Crippen MR) is 94.3 cm³/mol. The summed E-state index contributed by atoms with van der Waals surface area (Å²) in [7, 11) is 1.91. The normalized spacial score (nSPS) is 16.6. The summed E-state index contributed by atoms with van der Waals surface area (Å²) in [6.45, 7) is 8.48. The Bertz CT molecular complexity index is 857. The van der Waals surface area contributed by atoms with Gasteiger partial charge in [-0.1, -0.05) is 20.8 Å². The van der Waals surface area contributed by atoms with Gasteiger partial charge < -0.3 is 0 Å². The van der Waals surface area contributed by atoms with Crippen LogP contribution in [0.2, 0.25) is 0 Å². The van der Waals surface area contributed by atoms with Crippen LogP contribution in [0.15, 0.2) is 29.3 Å². The number of hydrogen-bond acceptors (Lipinski definition) is 4. The molecule has 0 amide bonds. The lowest BCUT2D eigenvalue weighted by Crippen LogP contribution is -2.40. The topological polar surface area (TPSA) is 54.7 Å². The van der Waals surface area contributed by atoms with Crippen molar-refractivity contribution < 1.29 is 4.79 Å².